The first kappa shape index (κ1) is 21.1. The van der Waals surface area contributed by atoms with Gasteiger partial charge in [0.2, 0.25) is 15.9 Å². The fraction of sp³-hybridized carbons (Fsp3) is 0.333. The number of amides is 1. The van der Waals surface area contributed by atoms with Gasteiger partial charge in [-0.15, -0.1) is 5.10 Å². The third kappa shape index (κ3) is 4.49. The maximum atomic E-state index is 13.1. The maximum Gasteiger partial charge on any atom is 0.243 e. The molecule has 1 saturated heterocycles. The van der Waals surface area contributed by atoms with Crippen molar-refractivity contribution in [1.82, 2.24) is 24.5 Å². The molecule has 31 heavy (non-hydrogen) atoms. The Bertz CT molecular complexity index is 1180. The Morgan fingerprint density at radius 3 is 2.55 bits per heavy atom. The van der Waals surface area contributed by atoms with Crippen LogP contribution in [0.15, 0.2) is 53.7 Å². The summed E-state index contributed by atoms with van der Waals surface area (Å²) >= 11 is 0. The van der Waals surface area contributed by atoms with E-state index in [2.05, 4.69) is 20.8 Å². The van der Waals surface area contributed by atoms with Crippen LogP contribution in [0.3, 0.4) is 0 Å². The molecule has 1 atom stereocenters. The third-order valence-corrected chi connectivity index (χ3v) is 7.50. The van der Waals surface area contributed by atoms with Crippen molar-refractivity contribution < 1.29 is 13.2 Å². The molecule has 0 unspecified atom stereocenters. The highest BCUT2D eigenvalue weighted by Gasteiger charge is 2.33. The minimum atomic E-state index is -3.71. The van der Waals surface area contributed by atoms with Crippen molar-refractivity contribution >= 4 is 21.6 Å². The van der Waals surface area contributed by atoms with E-state index < -0.39 is 15.9 Å². The molecule has 3 aromatic rings. The van der Waals surface area contributed by atoms with E-state index in [1.54, 1.807) is 12.1 Å². The highest BCUT2D eigenvalue weighted by molar-refractivity contribution is 7.89. The minimum Gasteiger partial charge on any atom is -0.326 e. The van der Waals surface area contributed by atoms with Crippen LogP contribution >= 0.6 is 0 Å². The van der Waals surface area contributed by atoms with Gasteiger partial charge in [0.05, 0.1) is 16.5 Å². The Morgan fingerprint density at radius 1 is 1.10 bits per heavy atom. The van der Waals surface area contributed by atoms with Crippen LogP contribution in [0.2, 0.25) is 0 Å². The van der Waals surface area contributed by atoms with Crippen molar-refractivity contribution in [2.24, 2.45) is 5.92 Å². The first-order valence-electron chi connectivity index (χ1n) is 10.1. The van der Waals surface area contributed by atoms with Gasteiger partial charge in [-0.25, -0.2) is 13.1 Å². The lowest BCUT2D eigenvalue weighted by Crippen LogP contribution is -2.43. The number of rotatable bonds is 5. The van der Waals surface area contributed by atoms with Crippen LogP contribution in [0.5, 0.6) is 0 Å². The summed E-state index contributed by atoms with van der Waals surface area (Å²) in [6, 6.07) is 12.1. The van der Waals surface area contributed by atoms with E-state index in [-0.39, 0.29) is 17.3 Å². The Morgan fingerprint density at radius 2 is 1.87 bits per heavy atom. The van der Waals surface area contributed by atoms with Crippen molar-refractivity contribution in [1.29, 1.82) is 0 Å². The Kier molecular flexibility index (Phi) is 5.84. The summed E-state index contributed by atoms with van der Waals surface area (Å²) < 4.78 is 29.1. The van der Waals surface area contributed by atoms with Crippen molar-refractivity contribution in [3.05, 3.63) is 59.9 Å². The van der Waals surface area contributed by atoms with Crippen LogP contribution in [-0.2, 0) is 14.8 Å². The second-order valence-corrected chi connectivity index (χ2v) is 9.68. The van der Waals surface area contributed by atoms with Crippen LogP contribution < -0.4 is 5.32 Å². The van der Waals surface area contributed by atoms with Gasteiger partial charge in [-0.1, -0.05) is 6.07 Å². The molecule has 162 valence electrons. The standard InChI is InChI=1S/C21H24N6O3S/c1-15-5-6-18(12-16(15)2)23-21(28)17-4-3-11-26(13-17)31(29,30)20-9-7-19(8-10-20)27-14-22-24-25-27/h5-10,12,14,17H,3-4,11,13H2,1-2H3,(H,23,28)/t17-/m0/s1. The molecule has 1 amide bonds. The molecule has 2 heterocycles. The number of piperidine rings is 1. The number of carbonyl (C=O) groups excluding carboxylic acids is 1. The van der Waals surface area contributed by atoms with Gasteiger partial charge in [-0.05, 0) is 84.6 Å². The van der Waals surface area contributed by atoms with Gasteiger partial charge in [-0.2, -0.15) is 4.31 Å². The second-order valence-electron chi connectivity index (χ2n) is 7.74. The summed E-state index contributed by atoms with van der Waals surface area (Å²) in [5, 5.41) is 13.9. The minimum absolute atomic E-state index is 0.155. The molecule has 0 saturated carbocycles. The summed E-state index contributed by atoms with van der Waals surface area (Å²) in [6.45, 7) is 4.56. The summed E-state index contributed by atoms with van der Waals surface area (Å²) in [4.78, 5) is 13.0. The predicted molar refractivity (Wildman–Crippen MR) is 115 cm³/mol. The van der Waals surface area contributed by atoms with Crippen LogP contribution in [0.4, 0.5) is 5.69 Å². The highest BCUT2D eigenvalue weighted by Crippen LogP contribution is 2.26. The normalized spacial score (nSPS) is 17.4. The molecule has 10 heteroatoms. The quantitative estimate of drug-likeness (QED) is 0.652. The molecule has 9 nitrogen and oxygen atoms in total. The van der Waals surface area contributed by atoms with Crippen LogP contribution in [0, 0.1) is 19.8 Å². The van der Waals surface area contributed by atoms with E-state index in [0.29, 0.717) is 25.1 Å². The number of nitrogens with one attached hydrogen (secondary N) is 1. The van der Waals surface area contributed by atoms with Crippen LogP contribution in [-0.4, -0.2) is 51.9 Å². The first-order valence-corrected chi connectivity index (χ1v) is 11.5. The molecule has 4 rings (SSSR count). The lowest BCUT2D eigenvalue weighted by atomic mass is 9.98. The number of aryl methyl sites for hydroxylation is 2. The molecular weight excluding hydrogens is 416 g/mol. The number of carbonyl (C=O) groups is 1. The number of hydrogen-bond acceptors (Lipinski definition) is 6. The highest BCUT2D eigenvalue weighted by atomic mass is 32.2. The van der Waals surface area contributed by atoms with Crippen molar-refractivity contribution in [2.75, 3.05) is 18.4 Å². The zero-order chi connectivity index (χ0) is 22.0. The Balaban J connectivity index is 1.46. The molecule has 1 fully saturated rings. The molecule has 1 aromatic heterocycles. The molecule has 0 bridgehead atoms. The van der Waals surface area contributed by atoms with Gasteiger partial charge in [0.1, 0.15) is 6.33 Å². The fourth-order valence-corrected chi connectivity index (χ4v) is 5.16. The van der Waals surface area contributed by atoms with Gasteiger partial charge in [-0.3, -0.25) is 4.79 Å². The third-order valence-electron chi connectivity index (χ3n) is 5.62. The fourth-order valence-electron chi connectivity index (χ4n) is 3.64. The summed E-state index contributed by atoms with van der Waals surface area (Å²) in [5.74, 6) is -0.553. The largest absolute Gasteiger partial charge is 0.326 e. The van der Waals surface area contributed by atoms with E-state index in [1.165, 1.54) is 27.4 Å². The topological polar surface area (TPSA) is 110 Å². The van der Waals surface area contributed by atoms with E-state index in [4.69, 9.17) is 0 Å². The molecule has 0 radical (unpaired) electrons. The maximum absolute atomic E-state index is 13.1. The van der Waals surface area contributed by atoms with Crippen LogP contribution in [0.1, 0.15) is 24.0 Å². The molecule has 1 N–H and O–H groups in total. The van der Waals surface area contributed by atoms with Gasteiger partial charge < -0.3 is 5.32 Å². The zero-order valence-corrected chi connectivity index (χ0v) is 18.2. The van der Waals surface area contributed by atoms with Crippen molar-refractivity contribution in [3.63, 3.8) is 0 Å². The monoisotopic (exact) mass is 440 g/mol. The van der Waals surface area contributed by atoms with E-state index >= 15 is 0 Å². The smallest absolute Gasteiger partial charge is 0.243 e. The average molecular weight is 441 g/mol. The van der Waals surface area contributed by atoms with Crippen LogP contribution in [0.25, 0.3) is 5.69 Å². The van der Waals surface area contributed by atoms with E-state index in [9.17, 15) is 13.2 Å². The Labute approximate surface area is 181 Å². The molecular formula is C21H24N6O3S. The Hall–Kier alpha value is -3.11. The van der Waals surface area contributed by atoms with Crippen molar-refractivity contribution in [2.45, 2.75) is 31.6 Å². The summed E-state index contributed by atoms with van der Waals surface area (Å²) in [6.07, 6.45) is 2.72. The van der Waals surface area contributed by atoms with E-state index in [1.807, 2.05) is 32.0 Å². The van der Waals surface area contributed by atoms with Gasteiger partial charge in [0.25, 0.3) is 0 Å². The number of anilines is 1. The molecule has 1 aliphatic rings. The number of sulfonamides is 1. The average Bonchev–Trinajstić information content (AvgIpc) is 3.31. The van der Waals surface area contributed by atoms with Gasteiger partial charge >= 0.3 is 0 Å². The molecule has 2 aromatic carbocycles. The van der Waals surface area contributed by atoms with Crippen molar-refractivity contribution in [3.8, 4) is 5.69 Å². The lowest BCUT2D eigenvalue weighted by Gasteiger charge is -2.31. The number of aromatic nitrogens is 4. The van der Waals surface area contributed by atoms with E-state index in [0.717, 1.165) is 16.8 Å². The number of tetrazole rings is 1. The first-order chi connectivity index (χ1) is 14.8. The number of hydrogen-bond donors (Lipinski definition) is 1. The second kappa shape index (κ2) is 8.56. The molecule has 0 spiro atoms. The predicted octanol–water partition coefficient (Wildman–Crippen LogP) is 2.32. The number of benzene rings is 2. The molecule has 1 aliphatic heterocycles. The number of nitrogens with zero attached hydrogens (tertiary/aromatic N) is 5. The zero-order valence-electron chi connectivity index (χ0n) is 17.4. The summed E-state index contributed by atoms with van der Waals surface area (Å²) in [7, 11) is -3.71. The SMILES string of the molecule is Cc1ccc(NC(=O)[C@H]2CCCN(S(=O)(=O)c3ccc(-n4cnnn4)cc3)C2)cc1C. The van der Waals surface area contributed by atoms with Gasteiger partial charge in [0, 0.05) is 18.8 Å². The summed E-state index contributed by atoms with van der Waals surface area (Å²) in [5.41, 5.74) is 3.63. The molecule has 0 aliphatic carbocycles. The van der Waals surface area contributed by atoms with Gasteiger partial charge in [0.15, 0.2) is 0 Å². The lowest BCUT2D eigenvalue weighted by molar-refractivity contribution is -0.120.